The molecule has 0 aliphatic rings. The molecule has 0 saturated heterocycles. The topological polar surface area (TPSA) is 106 Å². The van der Waals surface area contributed by atoms with Crippen LogP contribution in [0.1, 0.15) is 25.1 Å². The third-order valence-corrected chi connectivity index (χ3v) is 3.44. The summed E-state index contributed by atoms with van der Waals surface area (Å²) < 4.78 is 15.3. The minimum absolute atomic E-state index is 0.108. The number of thiazole rings is 1. The Morgan fingerprint density at radius 2 is 2.26 bits per heavy atom. The van der Waals surface area contributed by atoms with Crippen LogP contribution >= 0.6 is 11.3 Å². The zero-order valence-electron chi connectivity index (χ0n) is 13.4. The van der Waals surface area contributed by atoms with Crippen LogP contribution in [0.25, 0.3) is 16.5 Å². The van der Waals surface area contributed by atoms with E-state index in [9.17, 15) is 4.79 Å². The van der Waals surface area contributed by atoms with Crippen LogP contribution < -0.4 is 4.74 Å². The molecule has 0 amide bonds. The smallest absolute Gasteiger partial charge is 0.340 e. The van der Waals surface area contributed by atoms with Crippen molar-refractivity contribution >= 4 is 23.4 Å². The highest BCUT2D eigenvalue weighted by Crippen LogP contribution is 2.23. The SMILES string of the molecule is COCCOc1ncc(/C=C(\N=[N+]=[N-])C(=O)OCCC(C)C)s1. The summed E-state index contributed by atoms with van der Waals surface area (Å²) in [5.74, 6) is -0.235. The maximum atomic E-state index is 11.9. The number of ether oxygens (including phenoxy) is 3. The summed E-state index contributed by atoms with van der Waals surface area (Å²) in [5.41, 5.74) is 8.48. The summed E-state index contributed by atoms with van der Waals surface area (Å²) in [6.07, 6.45) is 3.70. The number of methoxy groups -OCH3 is 1. The van der Waals surface area contributed by atoms with Crippen LogP contribution in [0, 0.1) is 5.92 Å². The highest BCUT2D eigenvalue weighted by molar-refractivity contribution is 7.14. The lowest BCUT2D eigenvalue weighted by atomic mass is 10.1. The summed E-state index contributed by atoms with van der Waals surface area (Å²) in [5, 5.41) is 3.83. The first-order valence-corrected chi connectivity index (χ1v) is 7.90. The van der Waals surface area contributed by atoms with Gasteiger partial charge in [-0.1, -0.05) is 30.3 Å². The first kappa shape index (κ1) is 19.0. The van der Waals surface area contributed by atoms with Gasteiger partial charge in [-0.25, -0.2) is 9.78 Å². The van der Waals surface area contributed by atoms with Crippen LogP contribution in [0.3, 0.4) is 0 Å². The molecule has 1 aromatic heterocycles. The molecule has 0 fully saturated rings. The van der Waals surface area contributed by atoms with Crippen molar-refractivity contribution in [1.29, 1.82) is 0 Å². The monoisotopic (exact) mass is 340 g/mol. The fourth-order valence-corrected chi connectivity index (χ4v) is 2.11. The molecular formula is C14H20N4O4S. The summed E-state index contributed by atoms with van der Waals surface area (Å²) >= 11 is 1.23. The van der Waals surface area contributed by atoms with E-state index in [1.54, 1.807) is 7.11 Å². The Morgan fingerprint density at radius 1 is 1.48 bits per heavy atom. The summed E-state index contributed by atoms with van der Waals surface area (Å²) in [7, 11) is 1.58. The predicted octanol–water partition coefficient (Wildman–Crippen LogP) is 3.41. The molecule has 0 saturated carbocycles. The van der Waals surface area contributed by atoms with E-state index in [1.165, 1.54) is 23.6 Å². The standard InChI is InChI=1S/C14H20N4O4S/c1-10(2)4-5-21-13(19)12(17-18-15)8-11-9-16-14(23-11)22-7-6-20-3/h8-10H,4-7H2,1-3H3/b12-8-. The molecule has 0 aliphatic carbocycles. The van der Waals surface area contributed by atoms with Gasteiger partial charge < -0.3 is 14.2 Å². The number of carbonyl (C=O) groups excluding carboxylic acids is 1. The van der Waals surface area contributed by atoms with Crippen molar-refractivity contribution < 1.29 is 19.0 Å². The van der Waals surface area contributed by atoms with Crippen LogP contribution in [0.5, 0.6) is 5.19 Å². The lowest BCUT2D eigenvalue weighted by Crippen LogP contribution is -2.08. The molecule has 23 heavy (non-hydrogen) atoms. The second kappa shape index (κ2) is 10.6. The van der Waals surface area contributed by atoms with Crippen molar-refractivity contribution in [3.05, 3.63) is 27.2 Å². The van der Waals surface area contributed by atoms with Gasteiger partial charge in [-0.2, -0.15) is 0 Å². The maximum absolute atomic E-state index is 11.9. The van der Waals surface area contributed by atoms with E-state index in [0.29, 0.717) is 29.2 Å². The van der Waals surface area contributed by atoms with Gasteiger partial charge in [0.05, 0.1) is 18.1 Å². The van der Waals surface area contributed by atoms with Crippen LogP contribution in [0.2, 0.25) is 0 Å². The molecule has 0 radical (unpaired) electrons. The summed E-state index contributed by atoms with van der Waals surface area (Å²) in [6.45, 7) is 5.17. The number of hydrogen-bond acceptors (Lipinski definition) is 7. The number of aromatic nitrogens is 1. The number of hydrogen-bond donors (Lipinski definition) is 0. The number of esters is 1. The van der Waals surface area contributed by atoms with Gasteiger partial charge in [0.15, 0.2) is 0 Å². The van der Waals surface area contributed by atoms with Crippen molar-refractivity contribution in [3.63, 3.8) is 0 Å². The van der Waals surface area contributed by atoms with E-state index in [2.05, 4.69) is 15.0 Å². The van der Waals surface area contributed by atoms with Crippen molar-refractivity contribution in [3.8, 4) is 5.19 Å². The van der Waals surface area contributed by atoms with Gasteiger partial charge in [0.25, 0.3) is 5.19 Å². The normalized spacial score (nSPS) is 11.2. The quantitative estimate of drug-likeness (QED) is 0.162. The Balaban J connectivity index is 2.70. The van der Waals surface area contributed by atoms with E-state index >= 15 is 0 Å². The summed E-state index contributed by atoms with van der Waals surface area (Å²) in [4.78, 5) is 19.3. The Kier molecular flexibility index (Phi) is 8.74. The summed E-state index contributed by atoms with van der Waals surface area (Å²) in [6, 6.07) is 0. The Labute approximate surface area is 138 Å². The number of azide groups is 1. The van der Waals surface area contributed by atoms with E-state index in [0.717, 1.165) is 6.42 Å². The van der Waals surface area contributed by atoms with Crippen molar-refractivity contribution in [2.75, 3.05) is 26.9 Å². The van der Waals surface area contributed by atoms with E-state index in [4.69, 9.17) is 19.7 Å². The molecule has 126 valence electrons. The van der Waals surface area contributed by atoms with Crippen molar-refractivity contribution in [1.82, 2.24) is 4.98 Å². The van der Waals surface area contributed by atoms with E-state index in [-0.39, 0.29) is 12.3 Å². The first-order chi connectivity index (χ1) is 11.1. The molecular weight excluding hydrogens is 320 g/mol. The van der Waals surface area contributed by atoms with Gasteiger partial charge in [0.1, 0.15) is 12.3 Å². The molecule has 1 aromatic rings. The van der Waals surface area contributed by atoms with E-state index in [1.807, 2.05) is 13.8 Å². The van der Waals surface area contributed by atoms with Crippen molar-refractivity contribution in [2.45, 2.75) is 20.3 Å². The van der Waals surface area contributed by atoms with Gasteiger partial charge in [0, 0.05) is 18.2 Å². The maximum Gasteiger partial charge on any atom is 0.340 e. The molecule has 8 nitrogen and oxygen atoms in total. The zero-order valence-corrected chi connectivity index (χ0v) is 14.2. The van der Waals surface area contributed by atoms with Crippen molar-refractivity contribution in [2.24, 2.45) is 11.0 Å². The molecule has 1 heterocycles. The number of rotatable bonds is 10. The Hall–Kier alpha value is -2.09. The molecule has 9 heteroatoms. The average Bonchev–Trinajstić information content (AvgIpc) is 2.94. The second-order valence-corrected chi connectivity index (χ2v) is 5.93. The second-order valence-electron chi connectivity index (χ2n) is 4.91. The third-order valence-electron chi connectivity index (χ3n) is 2.58. The van der Waals surface area contributed by atoms with Crippen LogP contribution in [-0.2, 0) is 14.3 Å². The van der Waals surface area contributed by atoms with Gasteiger partial charge in [-0.05, 0) is 23.9 Å². The molecule has 0 atom stereocenters. The minimum Gasteiger partial charge on any atom is -0.468 e. The molecule has 0 spiro atoms. The van der Waals surface area contributed by atoms with Gasteiger partial charge in [-0.15, -0.1) is 0 Å². The molecule has 0 unspecified atom stereocenters. The number of carbonyl (C=O) groups is 1. The zero-order chi connectivity index (χ0) is 17.1. The Bertz CT molecular complexity index is 579. The third kappa shape index (κ3) is 7.64. The van der Waals surface area contributed by atoms with Crippen LogP contribution in [0.4, 0.5) is 0 Å². The fourth-order valence-electron chi connectivity index (χ4n) is 1.39. The fraction of sp³-hybridized carbons (Fsp3) is 0.571. The van der Waals surface area contributed by atoms with Gasteiger partial charge in [-0.3, -0.25) is 0 Å². The van der Waals surface area contributed by atoms with Crippen LogP contribution in [-0.4, -0.2) is 37.9 Å². The lowest BCUT2D eigenvalue weighted by Gasteiger charge is -2.06. The predicted molar refractivity (Wildman–Crippen MR) is 87.0 cm³/mol. The number of nitrogens with zero attached hydrogens (tertiary/aromatic N) is 4. The molecule has 0 aliphatic heterocycles. The Morgan fingerprint density at radius 3 is 2.91 bits per heavy atom. The largest absolute Gasteiger partial charge is 0.468 e. The molecule has 0 aromatic carbocycles. The molecule has 1 rings (SSSR count). The minimum atomic E-state index is -0.654. The molecule has 0 N–H and O–H groups in total. The highest BCUT2D eigenvalue weighted by atomic mass is 32.1. The van der Waals surface area contributed by atoms with Gasteiger partial charge in [0.2, 0.25) is 0 Å². The molecule has 0 bridgehead atoms. The highest BCUT2D eigenvalue weighted by Gasteiger charge is 2.11. The van der Waals surface area contributed by atoms with Gasteiger partial charge >= 0.3 is 5.97 Å². The first-order valence-electron chi connectivity index (χ1n) is 7.08. The lowest BCUT2D eigenvalue weighted by molar-refractivity contribution is -0.139. The van der Waals surface area contributed by atoms with Crippen LogP contribution in [0.15, 0.2) is 17.0 Å². The average molecular weight is 340 g/mol. The van der Waals surface area contributed by atoms with E-state index < -0.39 is 5.97 Å².